The second-order valence-electron chi connectivity index (χ2n) is 4.71. The molecule has 1 amide bonds. The number of rotatable bonds is 1. The first-order valence-corrected chi connectivity index (χ1v) is 7.11. The highest BCUT2D eigenvalue weighted by molar-refractivity contribution is 9.10. The Bertz CT molecular complexity index is 675. The molecule has 1 aliphatic rings. The highest BCUT2D eigenvalue weighted by Gasteiger charge is 2.23. The zero-order valence-corrected chi connectivity index (χ0v) is 12.2. The third-order valence-electron chi connectivity index (χ3n) is 3.41. The van der Waals surface area contributed by atoms with Crippen LogP contribution in [0.5, 0.6) is 0 Å². The average Bonchev–Trinajstić information content (AvgIpc) is 2.46. The number of nitrogens with zero attached hydrogens (tertiary/aromatic N) is 2. The molecule has 20 heavy (non-hydrogen) atoms. The molecule has 0 atom stereocenters. The lowest BCUT2D eigenvalue weighted by Gasteiger charge is -2.28. The Morgan fingerprint density at radius 3 is 3.00 bits per heavy atom. The Balaban J connectivity index is 1.86. The molecule has 0 radical (unpaired) electrons. The van der Waals surface area contributed by atoms with Gasteiger partial charge in [-0.3, -0.25) is 9.78 Å². The SMILES string of the molecule is O=C(c1ccc(F)cc1Br)N1CCc2ncccc2C1. The third kappa shape index (κ3) is 2.45. The molecule has 2 aromatic rings. The molecule has 0 saturated carbocycles. The number of carbonyl (C=O) groups excluding carboxylic acids is 1. The van der Waals surface area contributed by atoms with Crippen LogP contribution < -0.4 is 0 Å². The van der Waals surface area contributed by atoms with E-state index in [0.29, 0.717) is 23.1 Å². The fraction of sp³-hybridized carbons (Fsp3) is 0.200. The van der Waals surface area contributed by atoms with E-state index in [1.54, 1.807) is 11.1 Å². The summed E-state index contributed by atoms with van der Waals surface area (Å²) in [5.41, 5.74) is 2.61. The van der Waals surface area contributed by atoms with Crippen molar-refractivity contribution in [3.8, 4) is 0 Å². The minimum absolute atomic E-state index is 0.0913. The van der Waals surface area contributed by atoms with Gasteiger partial charge in [0.2, 0.25) is 0 Å². The lowest BCUT2D eigenvalue weighted by Crippen LogP contribution is -2.36. The van der Waals surface area contributed by atoms with Crippen LogP contribution in [0.2, 0.25) is 0 Å². The first-order chi connectivity index (χ1) is 9.65. The number of benzene rings is 1. The van der Waals surface area contributed by atoms with E-state index in [4.69, 9.17) is 0 Å². The second-order valence-corrected chi connectivity index (χ2v) is 5.56. The Hall–Kier alpha value is -1.75. The van der Waals surface area contributed by atoms with Crippen molar-refractivity contribution < 1.29 is 9.18 Å². The number of amides is 1. The quantitative estimate of drug-likeness (QED) is 0.802. The van der Waals surface area contributed by atoms with E-state index in [1.165, 1.54) is 18.2 Å². The zero-order chi connectivity index (χ0) is 14.1. The standard InChI is InChI=1S/C15H12BrFN2O/c16-13-8-11(17)3-4-12(13)15(20)19-7-5-14-10(9-19)2-1-6-18-14/h1-4,6,8H,5,7,9H2. The molecule has 102 valence electrons. The minimum atomic E-state index is -0.360. The van der Waals surface area contributed by atoms with Crippen LogP contribution in [0, 0.1) is 5.82 Å². The van der Waals surface area contributed by atoms with E-state index in [0.717, 1.165) is 17.7 Å². The van der Waals surface area contributed by atoms with E-state index in [2.05, 4.69) is 20.9 Å². The number of fused-ring (bicyclic) bond motifs is 1. The van der Waals surface area contributed by atoms with Gasteiger partial charge in [-0.15, -0.1) is 0 Å². The van der Waals surface area contributed by atoms with E-state index in [-0.39, 0.29) is 11.7 Å². The summed E-state index contributed by atoms with van der Waals surface area (Å²) in [5, 5.41) is 0. The summed E-state index contributed by atoms with van der Waals surface area (Å²) in [5.74, 6) is -0.451. The van der Waals surface area contributed by atoms with Gasteiger partial charge in [0, 0.05) is 35.9 Å². The Morgan fingerprint density at radius 2 is 2.20 bits per heavy atom. The first-order valence-electron chi connectivity index (χ1n) is 6.32. The van der Waals surface area contributed by atoms with Crippen LogP contribution in [0.3, 0.4) is 0 Å². The van der Waals surface area contributed by atoms with Crippen molar-refractivity contribution in [3.63, 3.8) is 0 Å². The van der Waals surface area contributed by atoms with Crippen LogP contribution in [0.1, 0.15) is 21.6 Å². The lowest BCUT2D eigenvalue weighted by atomic mass is 10.0. The Labute approximate surface area is 124 Å². The van der Waals surface area contributed by atoms with Crippen molar-refractivity contribution in [2.45, 2.75) is 13.0 Å². The van der Waals surface area contributed by atoms with Crippen LogP contribution in [0.4, 0.5) is 4.39 Å². The molecule has 0 fully saturated rings. The minimum Gasteiger partial charge on any atom is -0.334 e. The number of halogens is 2. The van der Waals surface area contributed by atoms with Crippen molar-refractivity contribution in [1.29, 1.82) is 0 Å². The van der Waals surface area contributed by atoms with Gasteiger partial charge in [0.1, 0.15) is 5.82 Å². The summed E-state index contributed by atoms with van der Waals surface area (Å²) in [6, 6.07) is 7.99. The molecule has 3 nitrogen and oxygen atoms in total. The fourth-order valence-electron chi connectivity index (χ4n) is 2.37. The number of pyridine rings is 1. The highest BCUT2D eigenvalue weighted by Crippen LogP contribution is 2.23. The number of hydrogen-bond donors (Lipinski definition) is 0. The molecule has 0 bridgehead atoms. The third-order valence-corrected chi connectivity index (χ3v) is 4.07. The summed E-state index contributed by atoms with van der Waals surface area (Å²) in [4.78, 5) is 18.6. The van der Waals surface area contributed by atoms with E-state index >= 15 is 0 Å². The first kappa shape index (κ1) is 13.2. The van der Waals surface area contributed by atoms with Gasteiger partial charge in [-0.2, -0.15) is 0 Å². The van der Waals surface area contributed by atoms with Gasteiger partial charge in [-0.05, 0) is 45.8 Å². The molecule has 0 aliphatic carbocycles. The van der Waals surface area contributed by atoms with Crippen molar-refractivity contribution in [1.82, 2.24) is 9.88 Å². The fourth-order valence-corrected chi connectivity index (χ4v) is 2.89. The summed E-state index contributed by atoms with van der Waals surface area (Å²) in [6.45, 7) is 1.18. The largest absolute Gasteiger partial charge is 0.334 e. The van der Waals surface area contributed by atoms with Crippen molar-refractivity contribution in [3.05, 3.63) is 63.6 Å². The molecule has 1 aliphatic heterocycles. The Kier molecular flexibility index (Phi) is 3.53. The molecule has 1 aromatic heterocycles. The van der Waals surface area contributed by atoms with Crippen molar-refractivity contribution in [2.24, 2.45) is 0 Å². The van der Waals surface area contributed by atoms with E-state index in [9.17, 15) is 9.18 Å². The monoisotopic (exact) mass is 334 g/mol. The summed E-state index contributed by atoms with van der Waals surface area (Å²) in [7, 11) is 0. The van der Waals surface area contributed by atoms with Crippen LogP contribution in [0.25, 0.3) is 0 Å². The predicted molar refractivity (Wildman–Crippen MR) is 76.8 cm³/mol. The van der Waals surface area contributed by atoms with E-state index in [1.807, 2.05) is 12.1 Å². The summed E-state index contributed by atoms with van der Waals surface area (Å²) in [6.07, 6.45) is 2.52. The van der Waals surface area contributed by atoms with E-state index < -0.39 is 0 Å². The van der Waals surface area contributed by atoms with Gasteiger partial charge < -0.3 is 4.90 Å². The second kappa shape index (κ2) is 5.32. The summed E-state index contributed by atoms with van der Waals surface area (Å²) >= 11 is 3.25. The van der Waals surface area contributed by atoms with Crippen LogP contribution in [-0.2, 0) is 13.0 Å². The molecule has 0 unspecified atom stereocenters. The predicted octanol–water partition coefficient (Wildman–Crippen LogP) is 3.18. The van der Waals surface area contributed by atoms with Crippen LogP contribution in [0.15, 0.2) is 41.0 Å². The maximum absolute atomic E-state index is 13.1. The molecule has 5 heteroatoms. The van der Waals surface area contributed by atoms with Crippen molar-refractivity contribution in [2.75, 3.05) is 6.54 Å². The average molecular weight is 335 g/mol. The topological polar surface area (TPSA) is 33.2 Å². The maximum Gasteiger partial charge on any atom is 0.255 e. The van der Waals surface area contributed by atoms with Gasteiger partial charge in [-0.1, -0.05) is 6.07 Å². The van der Waals surface area contributed by atoms with Crippen molar-refractivity contribution >= 4 is 21.8 Å². The molecule has 3 rings (SSSR count). The lowest BCUT2D eigenvalue weighted by molar-refractivity contribution is 0.0732. The molecule has 0 spiro atoms. The molecular weight excluding hydrogens is 323 g/mol. The highest BCUT2D eigenvalue weighted by atomic mass is 79.9. The number of aromatic nitrogens is 1. The van der Waals surface area contributed by atoms with Gasteiger partial charge in [0.25, 0.3) is 5.91 Å². The molecular formula is C15H12BrFN2O. The van der Waals surface area contributed by atoms with Gasteiger partial charge in [-0.25, -0.2) is 4.39 Å². The summed E-state index contributed by atoms with van der Waals surface area (Å²) < 4.78 is 13.6. The molecule has 0 N–H and O–H groups in total. The zero-order valence-electron chi connectivity index (χ0n) is 10.6. The number of hydrogen-bond acceptors (Lipinski definition) is 2. The van der Waals surface area contributed by atoms with Crippen LogP contribution >= 0.6 is 15.9 Å². The van der Waals surface area contributed by atoms with Gasteiger partial charge >= 0.3 is 0 Å². The Morgan fingerprint density at radius 1 is 1.35 bits per heavy atom. The maximum atomic E-state index is 13.1. The van der Waals surface area contributed by atoms with Crippen LogP contribution in [-0.4, -0.2) is 22.3 Å². The molecule has 0 saturated heterocycles. The normalized spacial score (nSPS) is 14.0. The van der Waals surface area contributed by atoms with Gasteiger partial charge in [0.05, 0.1) is 5.56 Å². The molecule has 1 aromatic carbocycles. The van der Waals surface area contributed by atoms with Gasteiger partial charge in [0.15, 0.2) is 0 Å². The number of carbonyl (C=O) groups is 1. The molecule has 2 heterocycles. The smallest absolute Gasteiger partial charge is 0.255 e.